The molecule has 1 amide bonds. The zero-order valence-corrected chi connectivity index (χ0v) is 14.9. The molecule has 1 N–H and O–H groups in total. The van der Waals surface area contributed by atoms with E-state index >= 15 is 0 Å². The second kappa shape index (κ2) is 8.41. The van der Waals surface area contributed by atoms with Crippen molar-refractivity contribution in [1.82, 2.24) is 0 Å². The van der Waals surface area contributed by atoms with Crippen molar-refractivity contribution in [2.75, 3.05) is 5.32 Å². The Balaban J connectivity index is 1.58. The van der Waals surface area contributed by atoms with Crippen LogP contribution < -0.4 is 14.8 Å². The Morgan fingerprint density at radius 3 is 2.19 bits per heavy atom. The number of rotatable bonds is 6. The van der Waals surface area contributed by atoms with Gasteiger partial charge in [-0.2, -0.15) is 0 Å². The van der Waals surface area contributed by atoms with Gasteiger partial charge in [-0.1, -0.05) is 41.9 Å². The fourth-order valence-electron chi connectivity index (χ4n) is 2.26. The van der Waals surface area contributed by atoms with Crippen LogP contribution in [0.4, 0.5) is 5.69 Å². The van der Waals surface area contributed by atoms with E-state index in [0.29, 0.717) is 22.2 Å². The van der Waals surface area contributed by atoms with Crippen LogP contribution in [0.5, 0.6) is 17.2 Å². The summed E-state index contributed by atoms with van der Waals surface area (Å²) in [5.74, 6) is 1.66. The number of anilines is 1. The molecule has 3 aromatic carbocycles. The molecule has 26 heavy (non-hydrogen) atoms. The highest BCUT2D eigenvalue weighted by molar-refractivity contribution is 6.32. The maximum absolute atomic E-state index is 12.3. The van der Waals surface area contributed by atoms with E-state index in [1.54, 1.807) is 55.5 Å². The van der Waals surface area contributed by atoms with E-state index in [-0.39, 0.29) is 5.91 Å². The van der Waals surface area contributed by atoms with Gasteiger partial charge in [0.2, 0.25) is 0 Å². The van der Waals surface area contributed by atoms with Crippen LogP contribution in [-0.4, -0.2) is 12.0 Å². The first-order valence-electron chi connectivity index (χ1n) is 8.17. The van der Waals surface area contributed by atoms with Gasteiger partial charge in [-0.15, -0.1) is 0 Å². The number of nitrogens with one attached hydrogen (secondary N) is 1. The molecule has 3 aromatic rings. The van der Waals surface area contributed by atoms with Gasteiger partial charge in [0, 0.05) is 5.69 Å². The first kappa shape index (κ1) is 17.8. The molecule has 0 bridgehead atoms. The number of amides is 1. The zero-order chi connectivity index (χ0) is 18.4. The molecule has 0 saturated heterocycles. The lowest BCUT2D eigenvalue weighted by molar-refractivity contribution is -0.122. The van der Waals surface area contributed by atoms with E-state index in [1.165, 1.54) is 0 Å². The Hall–Kier alpha value is -2.98. The van der Waals surface area contributed by atoms with Crippen LogP contribution in [0, 0.1) is 0 Å². The number of hydrogen-bond donors (Lipinski definition) is 1. The normalized spacial score (nSPS) is 11.5. The van der Waals surface area contributed by atoms with Crippen LogP contribution in [0.25, 0.3) is 0 Å². The topological polar surface area (TPSA) is 47.6 Å². The average molecular weight is 368 g/mol. The summed E-state index contributed by atoms with van der Waals surface area (Å²) in [7, 11) is 0. The summed E-state index contributed by atoms with van der Waals surface area (Å²) < 4.78 is 11.3. The minimum atomic E-state index is -0.685. The molecular weight excluding hydrogens is 350 g/mol. The van der Waals surface area contributed by atoms with Crippen LogP contribution in [0.3, 0.4) is 0 Å². The highest BCUT2D eigenvalue weighted by Gasteiger charge is 2.16. The van der Waals surface area contributed by atoms with Crippen LogP contribution >= 0.6 is 11.6 Å². The summed E-state index contributed by atoms with van der Waals surface area (Å²) in [6, 6.07) is 23.7. The molecule has 4 nitrogen and oxygen atoms in total. The smallest absolute Gasteiger partial charge is 0.265 e. The highest BCUT2D eigenvalue weighted by Crippen LogP contribution is 2.25. The Morgan fingerprint density at radius 1 is 0.885 bits per heavy atom. The van der Waals surface area contributed by atoms with Gasteiger partial charge in [-0.05, 0) is 55.5 Å². The van der Waals surface area contributed by atoms with Gasteiger partial charge < -0.3 is 14.8 Å². The van der Waals surface area contributed by atoms with Gasteiger partial charge in [-0.25, -0.2) is 0 Å². The van der Waals surface area contributed by atoms with Gasteiger partial charge in [0.15, 0.2) is 6.10 Å². The molecule has 0 radical (unpaired) electrons. The van der Waals surface area contributed by atoms with Crippen LogP contribution in [-0.2, 0) is 4.79 Å². The second-order valence-corrected chi connectivity index (χ2v) is 6.03. The van der Waals surface area contributed by atoms with Gasteiger partial charge in [0.25, 0.3) is 5.91 Å². The Labute approximate surface area is 157 Å². The van der Waals surface area contributed by atoms with E-state index in [9.17, 15) is 4.79 Å². The first-order chi connectivity index (χ1) is 12.6. The standard InChI is InChI=1S/C21H18ClNO3/c1-15(25-20-10-6-5-9-19(20)22)21(24)23-16-11-13-18(14-12-16)26-17-7-3-2-4-8-17/h2-15H,1H3,(H,23,24)/t15-/m0/s1. The van der Waals surface area contributed by atoms with Gasteiger partial charge in [0.05, 0.1) is 5.02 Å². The van der Waals surface area contributed by atoms with E-state index in [1.807, 2.05) is 30.3 Å². The van der Waals surface area contributed by atoms with Crippen LogP contribution in [0.1, 0.15) is 6.92 Å². The lowest BCUT2D eigenvalue weighted by Gasteiger charge is -2.15. The molecule has 0 fully saturated rings. The molecule has 132 valence electrons. The summed E-state index contributed by atoms with van der Waals surface area (Å²) >= 11 is 6.05. The third-order valence-electron chi connectivity index (χ3n) is 3.61. The minimum absolute atomic E-state index is 0.262. The number of benzene rings is 3. The van der Waals surface area contributed by atoms with Crippen molar-refractivity contribution in [3.63, 3.8) is 0 Å². The maximum atomic E-state index is 12.3. The summed E-state index contributed by atoms with van der Waals surface area (Å²) in [5.41, 5.74) is 0.657. The molecular formula is C21H18ClNO3. The SMILES string of the molecule is C[C@H](Oc1ccccc1Cl)C(=O)Nc1ccc(Oc2ccccc2)cc1. The average Bonchev–Trinajstić information content (AvgIpc) is 2.66. The molecule has 1 atom stereocenters. The van der Waals surface area contributed by atoms with Crippen LogP contribution in [0.2, 0.25) is 5.02 Å². The first-order valence-corrected chi connectivity index (χ1v) is 8.54. The monoisotopic (exact) mass is 367 g/mol. The fraction of sp³-hybridized carbons (Fsp3) is 0.0952. The predicted octanol–water partition coefficient (Wildman–Crippen LogP) is 5.54. The van der Waals surface area contributed by atoms with Gasteiger partial charge in [0.1, 0.15) is 17.2 Å². The quantitative estimate of drug-likeness (QED) is 0.622. The number of halogens is 1. The van der Waals surface area contributed by atoms with Gasteiger partial charge >= 0.3 is 0 Å². The number of ether oxygens (including phenoxy) is 2. The van der Waals surface area contributed by atoms with Crippen molar-refractivity contribution < 1.29 is 14.3 Å². The highest BCUT2D eigenvalue weighted by atomic mass is 35.5. The van der Waals surface area contributed by atoms with Crippen molar-refractivity contribution in [3.8, 4) is 17.2 Å². The maximum Gasteiger partial charge on any atom is 0.265 e. The predicted molar refractivity (Wildman–Crippen MR) is 103 cm³/mol. The van der Waals surface area contributed by atoms with Crippen molar-refractivity contribution >= 4 is 23.2 Å². The third kappa shape index (κ3) is 4.77. The van der Waals surface area contributed by atoms with E-state index < -0.39 is 6.10 Å². The molecule has 3 rings (SSSR count). The van der Waals surface area contributed by atoms with E-state index in [4.69, 9.17) is 21.1 Å². The van der Waals surface area contributed by atoms with Crippen molar-refractivity contribution in [3.05, 3.63) is 83.9 Å². The summed E-state index contributed by atoms with van der Waals surface area (Å²) in [6.45, 7) is 1.67. The Kier molecular flexibility index (Phi) is 5.77. The van der Waals surface area contributed by atoms with Crippen molar-refractivity contribution in [2.45, 2.75) is 13.0 Å². The largest absolute Gasteiger partial charge is 0.479 e. The molecule has 0 heterocycles. The van der Waals surface area contributed by atoms with Crippen LogP contribution in [0.15, 0.2) is 78.9 Å². The third-order valence-corrected chi connectivity index (χ3v) is 3.92. The lowest BCUT2D eigenvalue weighted by atomic mass is 10.2. The van der Waals surface area contributed by atoms with Crippen molar-refractivity contribution in [1.29, 1.82) is 0 Å². The van der Waals surface area contributed by atoms with Crippen molar-refractivity contribution in [2.24, 2.45) is 0 Å². The summed E-state index contributed by atoms with van der Waals surface area (Å²) in [6.07, 6.45) is -0.685. The lowest BCUT2D eigenvalue weighted by Crippen LogP contribution is -2.30. The second-order valence-electron chi connectivity index (χ2n) is 5.62. The van der Waals surface area contributed by atoms with E-state index in [0.717, 1.165) is 5.75 Å². The molecule has 0 aliphatic carbocycles. The molecule has 0 saturated carbocycles. The number of carbonyl (C=O) groups excluding carboxylic acids is 1. The minimum Gasteiger partial charge on any atom is -0.479 e. The molecule has 0 aliphatic rings. The van der Waals surface area contributed by atoms with E-state index in [2.05, 4.69) is 5.32 Å². The number of carbonyl (C=O) groups is 1. The molecule has 0 aliphatic heterocycles. The number of hydrogen-bond acceptors (Lipinski definition) is 3. The molecule has 0 spiro atoms. The Bertz CT molecular complexity index is 866. The molecule has 5 heteroatoms. The fourth-order valence-corrected chi connectivity index (χ4v) is 2.44. The molecule has 0 unspecified atom stereocenters. The zero-order valence-electron chi connectivity index (χ0n) is 14.2. The Morgan fingerprint density at radius 2 is 1.50 bits per heavy atom. The number of para-hydroxylation sites is 2. The summed E-state index contributed by atoms with van der Waals surface area (Å²) in [4.78, 5) is 12.3. The molecule has 0 aromatic heterocycles. The summed E-state index contributed by atoms with van der Waals surface area (Å²) in [5, 5.41) is 3.28. The van der Waals surface area contributed by atoms with Gasteiger partial charge in [-0.3, -0.25) is 4.79 Å².